The van der Waals surface area contributed by atoms with Crippen molar-refractivity contribution >= 4 is 61.8 Å². The molecule has 0 radical (unpaired) electrons. The maximum atomic E-state index is 14.2. The van der Waals surface area contributed by atoms with E-state index in [4.69, 9.17) is 46.5 Å². The number of epoxide rings is 1. The summed E-state index contributed by atoms with van der Waals surface area (Å²) in [5, 5.41) is 14.5. The monoisotopic (exact) mass is 783 g/mol. The number of allylic oxidation sites excluding steroid dienone is 3. The number of hydrogen-bond donors (Lipinski definition) is 2. The lowest BCUT2D eigenvalue weighted by Crippen LogP contribution is -2.63. The number of carbonyl (C=O) groups is 4. The molecule has 3 aliphatic heterocycles. The molecule has 288 valence electrons. The van der Waals surface area contributed by atoms with Crippen LogP contribution >= 0.6 is 11.6 Å². The molecule has 3 amide bonds. The first-order valence-electron chi connectivity index (χ1n) is 17.0. The maximum Gasteiger partial charge on any atom is 0.409 e. The van der Waals surface area contributed by atoms with Crippen LogP contribution in [0, 0.1) is 5.92 Å². The number of amides is 3. The normalized spacial score (nSPS) is 32.2. The van der Waals surface area contributed by atoms with Gasteiger partial charge < -0.3 is 38.6 Å². The zero-order chi connectivity index (χ0) is 38.7. The quantitative estimate of drug-likeness (QED) is 0.294. The predicted molar refractivity (Wildman–Crippen MR) is 201 cm³/mol. The van der Waals surface area contributed by atoms with Gasteiger partial charge in [-0.05, 0) is 50.6 Å². The zero-order valence-corrected chi connectivity index (χ0v) is 33.5. The minimum atomic E-state index is -1.83. The first kappa shape index (κ1) is 41.7. The van der Waals surface area contributed by atoms with E-state index in [1.807, 2.05) is 19.3 Å². The Hall–Kier alpha value is -3.08. The molecule has 13 nitrogen and oxygen atoms in total. The standard InChI is InChI=1S/C36H50ClN3O10S2/c1-20-11-10-12-28(47-8)36(45)19-27(48-34(44)38-36)21(2)32-35(4,50-32)29(49-33(43)24(13-14-52(9)51)39(5)22(3)41)18-30(42)40(6)25-16-23(15-20)17-26(46-7)31(25)37/h10-12,16-17,21,24,27-29,32,45H,13-15,18-19H2,1-9H3,(H,38,44)/b12-10+,20-11+/t21-,24-,27+,28-,29+,32?,35+,36+,52?/m1/s1. The molecule has 0 spiro atoms. The number of nitrogens with zero attached hydrogens (tertiary/aromatic N) is 2. The second-order valence-electron chi connectivity index (χ2n) is 13.9. The van der Waals surface area contributed by atoms with Crippen LogP contribution in [-0.2, 0) is 60.4 Å². The molecule has 1 aromatic rings. The minimum Gasteiger partial charge on any atom is -0.495 e. The highest BCUT2D eigenvalue weighted by Gasteiger charge is 2.64. The Morgan fingerprint density at radius 3 is 2.60 bits per heavy atom. The Kier molecular flexibility index (Phi) is 13.6. The van der Waals surface area contributed by atoms with Crippen molar-refractivity contribution in [1.82, 2.24) is 10.2 Å². The summed E-state index contributed by atoms with van der Waals surface area (Å²) in [6.07, 6.45) is 3.05. The molecule has 4 bridgehead atoms. The summed E-state index contributed by atoms with van der Waals surface area (Å²) in [6, 6.07) is 2.63. The number of hydrogen-bond acceptors (Lipinski definition) is 11. The molecule has 0 aromatic heterocycles. The number of esters is 1. The minimum absolute atomic E-state index is 0.0524. The highest BCUT2D eigenvalue weighted by molar-refractivity contribution is 8.28. The highest BCUT2D eigenvalue weighted by atomic mass is 35.5. The van der Waals surface area contributed by atoms with Crippen LogP contribution in [0.15, 0.2) is 35.9 Å². The number of carbonyl (C=O) groups excluding carboxylic acids is 4. The van der Waals surface area contributed by atoms with Crippen molar-refractivity contribution in [3.05, 3.63) is 46.5 Å². The lowest BCUT2D eigenvalue weighted by Gasteiger charge is -2.42. The predicted octanol–water partition coefficient (Wildman–Crippen LogP) is 3.61. The Labute approximate surface area is 317 Å². The maximum absolute atomic E-state index is 14.2. The molecule has 4 rings (SSSR count). The number of methoxy groups -OCH3 is 2. The topological polar surface area (TPSA) is 156 Å². The third kappa shape index (κ3) is 9.34. The molecular formula is C36H50ClN3O10S2. The van der Waals surface area contributed by atoms with Gasteiger partial charge in [0, 0.05) is 46.2 Å². The van der Waals surface area contributed by atoms with Crippen LogP contribution in [0.4, 0.5) is 10.5 Å². The summed E-state index contributed by atoms with van der Waals surface area (Å²) in [4.78, 5) is 56.1. The first-order valence-corrected chi connectivity index (χ1v) is 20.1. The van der Waals surface area contributed by atoms with E-state index < -0.39 is 75.1 Å². The second kappa shape index (κ2) is 16.9. The van der Waals surface area contributed by atoms with E-state index in [-0.39, 0.29) is 30.2 Å². The van der Waals surface area contributed by atoms with Gasteiger partial charge in [0.05, 0.1) is 25.3 Å². The van der Waals surface area contributed by atoms with Gasteiger partial charge in [0.1, 0.15) is 40.7 Å². The molecule has 1 aromatic carbocycles. The molecule has 3 aliphatic rings. The molecule has 3 heterocycles. The highest BCUT2D eigenvalue weighted by Crippen LogP contribution is 2.49. The van der Waals surface area contributed by atoms with Crippen molar-refractivity contribution in [2.75, 3.05) is 45.2 Å². The number of benzene rings is 1. The van der Waals surface area contributed by atoms with Crippen molar-refractivity contribution in [3.63, 3.8) is 0 Å². The van der Waals surface area contributed by atoms with Crippen molar-refractivity contribution in [2.24, 2.45) is 5.92 Å². The summed E-state index contributed by atoms with van der Waals surface area (Å²) in [5.41, 5.74) is -0.927. The van der Waals surface area contributed by atoms with Crippen molar-refractivity contribution in [3.8, 4) is 5.75 Å². The number of halogens is 1. The number of aliphatic hydroxyl groups is 1. The van der Waals surface area contributed by atoms with Gasteiger partial charge in [-0.25, -0.2) is 9.59 Å². The van der Waals surface area contributed by atoms with E-state index in [0.29, 0.717) is 23.6 Å². The molecule has 2 unspecified atom stereocenters. The van der Waals surface area contributed by atoms with Crippen molar-refractivity contribution < 1.29 is 48.0 Å². The summed E-state index contributed by atoms with van der Waals surface area (Å²) in [5.74, 6) is -1.14. The largest absolute Gasteiger partial charge is 0.495 e. The summed E-state index contributed by atoms with van der Waals surface area (Å²) in [7, 11) is 5.59. The van der Waals surface area contributed by atoms with Gasteiger partial charge in [-0.1, -0.05) is 53.5 Å². The molecule has 2 fully saturated rings. The number of ether oxygens (including phenoxy) is 5. The van der Waals surface area contributed by atoms with Crippen LogP contribution in [0.25, 0.3) is 0 Å². The number of anilines is 1. The third-order valence-electron chi connectivity index (χ3n) is 10.1. The van der Waals surface area contributed by atoms with Gasteiger partial charge >= 0.3 is 12.1 Å². The molecule has 0 aliphatic carbocycles. The summed E-state index contributed by atoms with van der Waals surface area (Å²) < 4.78 is 29.3. The van der Waals surface area contributed by atoms with E-state index in [1.54, 1.807) is 45.2 Å². The molecule has 9 atom stereocenters. The fourth-order valence-electron chi connectivity index (χ4n) is 6.79. The lowest BCUT2D eigenvalue weighted by atomic mass is 9.83. The molecule has 0 saturated carbocycles. The Balaban J connectivity index is 1.81. The Morgan fingerprint density at radius 1 is 1.29 bits per heavy atom. The smallest absolute Gasteiger partial charge is 0.409 e. The summed E-state index contributed by atoms with van der Waals surface area (Å²) >= 11 is 12.1. The van der Waals surface area contributed by atoms with E-state index in [0.717, 1.165) is 11.1 Å². The van der Waals surface area contributed by atoms with Gasteiger partial charge in [0.25, 0.3) is 0 Å². The Bertz CT molecular complexity index is 1640. The van der Waals surface area contributed by atoms with Gasteiger partial charge in [-0.15, -0.1) is 9.45 Å². The number of likely N-dealkylation sites (N-methyl/N-ethyl adjacent to an activating group) is 1. The zero-order valence-electron chi connectivity index (χ0n) is 31.1. The fourth-order valence-corrected chi connectivity index (χ4v) is 7.95. The average molecular weight is 784 g/mol. The van der Waals surface area contributed by atoms with Gasteiger partial charge in [-0.3, -0.25) is 14.9 Å². The number of nitrogens with one attached hydrogen (secondary N) is 1. The van der Waals surface area contributed by atoms with Gasteiger partial charge in [-0.2, -0.15) is 0 Å². The van der Waals surface area contributed by atoms with Crippen LogP contribution < -0.4 is 15.0 Å². The molecule has 16 heteroatoms. The third-order valence-corrected chi connectivity index (χ3v) is 11.8. The van der Waals surface area contributed by atoms with E-state index in [1.165, 1.54) is 38.0 Å². The molecule has 2 N–H and O–H groups in total. The lowest BCUT2D eigenvalue weighted by molar-refractivity contribution is -0.162. The molecular weight excluding hydrogens is 734 g/mol. The van der Waals surface area contributed by atoms with Crippen molar-refractivity contribution in [1.29, 1.82) is 0 Å². The average Bonchev–Trinajstić information content (AvgIpc) is 3.77. The van der Waals surface area contributed by atoms with E-state index in [9.17, 15) is 24.3 Å². The second-order valence-corrected chi connectivity index (χ2v) is 17.6. The Morgan fingerprint density at radius 2 is 1.98 bits per heavy atom. The first-order chi connectivity index (χ1) is 24.3. The molecule has 2 saturated heterocycles. The summed E-state index contributed by atoms with van der Waals surface area (Å²) in [6.45, 7) is 6.80. The molecule has 52 heavy (non-hydrogen) atoms. The SMILES string of the molecule is COc1cc2cc(c1Cl)N(C)C(=O)C[C@H](OC(=O)[C@@H](CCS(C)=S)N(C)C(C)=O)[C@]1(C)OC1[C@H](C)[C@@H]1C[C@@](O)(NC(=O)O1)[C@H](OC)/C=C/C=C(\C)C2. The van der Waals surface area contributed by atoms with Gasteiger partial charge in [0.2, 0.25) is 11.8 Å². The fraction of sp³-hybridized carbons (Fsp3) is 0.611. The van der Waals surface area contributed by atoms with Crippen LogP contribution in [0.3, 0.4) is 0 Å². The van der Waals surface area contributed by atoms with E-state index >= 15 is 0 Å². The van der Waals surface area contributed by atoms with Crippen LogP contribution in [0.5, 0.6) is 5.75 Å². The number of alkyl carbamates (subject to hydrolysis) is 1. The number of fused-ring (bicyclic) bond motifs is 5. The van der Waals surface area contributed by atoms with Gasteiger partial charge in [0.15, 0.2) is 5.72 Å². The van der Waals surface area contributed by atoms with E-state index in [2.05, 4.69) is 5.32 Å². The van der Waals surface area contributed by atoms with Crippen molar-refractivity contribution in [2.45, 2.75) is 95.2 Å². The van der Waals surface area contributed by atoms with Crippen LogP contribution in [-0.4, -0.2) is 116 Å². The van der Waals surface area contributed by atoms with Crippen LogP contribution in [0.1, 0.15) is 52.5 Å². The number of rotatable bonds is 8. The van der Waals surface area contributed by atoms with Crippen LogP contribution in [0.2, 0.25) is 5.02 Å².